The molecule has 4 aliphatic rings. The number of Topliss-reactive ketones (excluding diaryl/α,β-unsaturated/α-hetero) is 1. The molecule has 0 aliphatic heterocycles. The van der Waals surface area contributed by atoms with Crippen LogP contribution in [0.4, 0.5) is 5.69 Å². The lowest BCUT2D eigenvalue weighted by Crippen LogP contribution is -2.51. The third kappa shape index (κ3) is 3.45. The molecule has 156 valence electrons. The molecule has 4 saturated carbocycles. The summed E-state index contributed by atoms with van der Waals surface area (Å²) < 4.78 is 15.4. The van der Waals surface area contributed by atoms with Crippen molar-refractivity contribution in [3.63, 3.8) is 0 Å². The van der Waals surface area contributed by atoms with E-state index in [2.05, 4.69) is 0 Å². The van der Waals surface area contributed by atoms with Crippen molar-refractivity contribution in [1.29, 1.82) is 0 Å². The van der Waals surface area contributed by atoms with E-state index in [1.54, 1.807) is 0 Å². The van der Waals surface area contributed by atoms with Crippen molar-refractivity contribution in [1.82, 2.24) is 0 Å². The zero-order valence-electron chi connectivity index (χ0n) is 16.6. The van der Waals surface area contributed by atoms with Crippen LogP contribution in [0.2, 0.25) is 0 Å². The standard InChI is InChI=1S/C21H25NO7/c1-27-17-6-15(16(22(25)26)7-18(17)28-2)20(24)29-11-19(23)21-8-12-3-13(9-21)5-14(4-12)10-21/h6-7,12-14H,3-5,8-11H2,1-2H3. The first-order chi connectivity index (χ1) is 13.8. The number of nitro benzene ring substituents is 1. The molecule has 29 heavy (non-hydrogen) atoms. The molecule has 5 rings (SSSR count). The van der Waals surface area contributed by atoms with E-state index in [1.807, 2.05) is 0 Å². The highest BCUT2D eigenvalue weighted by atomic mass is 16.6. The van der Waals surface area contributed by atoms with Gasteiger partial charge in [-0.05, 0) is 56.3 Å². The molecule has 0 amide bonds. The molecule has 0 heterocycles. The zero-order valence-corrected chi connectivity index (χ0v) is 16.6. The van der Waals surface area contributed by atoms with Crippen molar-refractivity contribution in [3.8, 4) is 11.5 Å². The maximum atomic E-state index is 13.0. The molecule has 0 N–H and O–H groups in total. The van der Waals surface area contributed by atoms with Gasteiger partial charge in [-0.3, -0.25) is 14.9 Å². The van der Waals surface area contributed by atoms with Gasteiger partial charge in [0.25, 0.3) is 5.69 Å². The molecule has 0 spiro atoms. The quantitative estimate of drug-likeness (QED) is 0.389. The molecule has 4 aliphatic carbocycles. The highest BCUT2D eigenvalue weighted by Crippen LogP contribution is 2.60. The second-order valence-corrected chi connectivity index (χ2v) is 8.68. The van der Waals surface area contributed by atoms with Crippen LogP contribution in [0, 0.1) is 33.3 Å². The largest absolute Gasteiger partial charge is 0.493 e. The summed E-state index contributed by atoms with van der Waals surface area (Å²) in [4.78, 5) is 36.3. The minimum atomic E-state index is -0.907. The number of benzene rings is 1. The van der Waals surface area contributed by atoms with Crippen LogP contribution in [0.5, 0.6) is 11.5 Å². The number of rotatable bonds is 7. The van der Waals surface area contributed by atoms with Crippen molar-refractivity contribution in [2.75, 3.05) is 20.8 Å². The van der Waals surface area contributed by atoms with E-state index in [4.69, 9.17) is 14.2 Å². The fraction of sp³-hybridized carbons (Fsp3) is 0.619. The Balaban J connectivity index is 1.50. The van der Waals surface area contributed by atoms with Gasteiger partial charge in [0.1, 0.15) is 5.56 Å². The van der Waals surface area contributed by atoms with Gasteiger partial charge in [-0.1, -0.05) is 0 Å². The van der Waals surface area contributed by atoms with Crippen LogP contribution < -0.4 is 9.47 Å². The molecule has 1 aromatic rings. The van der Waals surface area contributed by atoms with Gasteiger partial charge in [0, 0.05) is 11.5 Å². The number of hydrogen-bond donors (Lipinski definition) is 0. The Bertz CT molecular complexity index is 828. The van der Waals surface area contributed by atoms with Crippen molar-refractivity contribution < 1.29 is 28.7 Å². The minimum absolute atomic E-state index is 0.0481. The number of nitrogens with zero attached hydrogens (tertiary/aromatic N) is 1. The Hall–Kier alpha value is -2.64. The molecule has 4 bridgehead atoms. The number of esters is 1. The predicted molar refractivity (Wildman–Crippen MR) is 102 cm³/mol. The second kappa shape index (κ2) is 7.31. The van der Waals surface area contributed by atoms with Gasteiger partial charge >= 0.3 is 5.97 Å². The Kier molecular flexibility index (Phi) is 4.96. The van der Waals surface area contributed by atoms with E-state index in [-0.39, 0.29) is 34.9 Å². The van der Waals surface area contributed by atoms with Crippen LogP contribution in [-0.2, 0) is 9.53 Å². The fourth-order valence-corrected chi connectivity index (χ4v) is 6.00. The first-order valence-electron chi connectivity index (χ1n) is 9.96. The molecular formula is C21H25NO7. The summed E-state index contributed by atoms with van der Waals surface area (Å²) in [5.41, 5.74) is -1.08. The van der Waals surface area contributed by atoms with Crippen LogP contribution in [0.15, 0.2) is 12.1 Å². The fourth-order valence-electron chi connectivity index (χ4n) is 6.00. The van der Waals surface area contributed by atoms with Gasteiger partial charge in [-0.2, -0.15) is 0 Å². The van der Waals surface area contributed by atoms with E-state index in [9.17, 15) is 19.7 Å². The molecular weight excluding hydrogens is 378 g/mol. The smallest absolute Gasteiger partial charge is 0.345 e. The molecule has 0 unspecified atom stereocenters. The third-order valence-corrected chi connectivity index (χ3v) is 6.88. The number of hydrogen-bond acceptors (Lipinski definition) is 7. The average molecular weight is 403 g/mol. The van der Waals surface area contributed by atoms with E-state index in [1.165, 1.54) is 39.5 Å². The van der Waals surface area contributed by atoms with Crippen LogP contribution in [0.1, 0.15) is 48.9 Å². The second-order valence-electron chi connectivity index (χ2n) is 8.68. The van der Waals surface area contributed by atoms with Gasteiger partial charge in [-0.15, -0.1) is 0 Å². The molecule has 0 atom stereocenters. The van der Waals surface area contributed by atoms with E-state index in [0.29, 0.717) is 17.8 Å². The number of ketones is 1. The summed E-state index contributed by atoms with van der Waals surface area (Å²) in [6.45, 7) is -0.351. The normalized spacial score (nSPS) is 29.4. The maximum Gasteiger partial charge on any atom is 0.345 e. The number of nitro groups is 1. The Labute approximate surface area is 168 Å². The first-order valence-corrected chi connectivity index (χ1v) is 9.96. The summed E-state index contributed by atoms with van der Waals surface area (Å²) in [6, 6.07) is 2.34. The van der Waals surface area contributed by atoms with Crippen molar-refractivity contribution >= 4 is 17.4 Å². The first kappa shape index (κ1) is 19.7. The third-order valence-electron chi connectivity index (χ3n) is 6.88. The average Bonchev–Trinajstić information content (AvgIpc) is 2.69. The summed E-state index contributed by atoms with van der Waals surface area (Å²) in [5, 5.41) is 11.4. The minimum Gasteiger partial charge on any atom is -0.493 e. The van der Waals surface area contributed by atoms with Crippen molar-refractivity contribution in [2.24, 2.45) is 23.2 Å². The summed E-state index contributed by atoms with van der Waals surface area (Å²) in [5.74, 6) is 1.18. The maximum absolute atomic E-state index is 13.0. The summed E-state index contributed by atoms with van der Waals surface area (Å²) in [7, 11) is 2.72. The molecule has 0 radical (unpaired) electrons. The zero-order chi connectivity index (χ0) is 20.8. The van der Waals surface area contributed by atoms with Crippen LogP contribution in [-0.4, -0.2) is 37.5 Å². The Morgan fingerprint density at radius 3 is 2.03 bits per heavy atom. The van der Waals surface area contributed by atoms with Crippen LogP contribution in [0.25, 0.3) is 0 Å². The van der Waals surface area contributed by atoms with Gasteiger partial charge < -0.3 is 14.2 Å². The number of methoxy groups -OCH3 is 2. The number of carbonyl (C=O) groups is 2. The van der Waals surface area contributed by atoms with Gasteiger partial charge in [-0.25, -0.2) is 4.79 Å². The molecule has 4 fully saturated rings. The lowest BCUT2D eigenvalue weighted by atomic mass is 9.48. The Morgan fingerprint density at radius 1 is 1.03 bits per heavy atom. The molecule has 0 aromatic heterocycles. The van der Waals surface area contributed by atoms with Crippen LogP contribution in [0.3, 0.4) is 0 Å². The monoisotopic (exact) mass is 403 g/mol. The number of carbonyl (C=O) groups excluding carboxylic acids is 2. The molecule has 1 aromatic carbocycles. The lowest BCUT2D eigenvalue weighted by Gasteiger charge is -2.55. The SMILES string of the molecule is COc1cc(C(=O)OCC(=O)C23CC4CC(CC(C4)C2)C3)c([N+](=O)[O-])cc1OC. The topological polar surface area (TPSA) is 105 Å². The van der Waals surface area contributed by atoms with E-state index >= 15 is 0 Å². The van der Waals surface area contributed by atoms with Gasteiger partial charge in [0.05, 0.1) is 25.2 Å². The highest BCUT2D eigenvalue weighted by molar-refractivity contribution is 5.97. The van der Waals surface area contributed by atoms with Gasteiger partial charge in [0.15, 0.2) is 23.9 Å². The predicted octanol–water partition coefficient (Wildman–Crippen LogP) is 3.55. The lowest BCUT2D eigenvalue weighted by molar-refractivity contribution is -0.385. The molecule has 8 nitrogen and oxygen atoms in total. The van der Waals surface area contributed by atoms with E-state index < -0.39 is 16.6 Å². The summed E-state index contributed by atoms with van der Waals surface area (Å²) in [6.07, 6.45) is 6.28. The van der Waals surface area contributed by atoms with Crippen molar-refractivity contribution in [2.45, 2.75) is 38.5 Å². The highest BCUT2D eigenvalue weighted by Gasteiger charge is 2.54. The molecule has 0 saturated heterocycles. The van der Waals surface area contributed by atoms with Crippen LogP contribution >= 0.6 is 0 Å². The van der Waals surface area contributed by atoms with Crippen molar-refractivity contribution in [3.05, 3.63) is 27.8 Å². The van der Waals surface area contributed by atoms with Gasteiger partial charge in [0.2, 0.25) is 0 Å². The Morgan fingerprint density at radius 2 is 1.55 bits per heavy atom. The van der Waals surface area contributed by atoms with E-state index in [0.717, 1.165) is 25.3 Å². The molecule has 8 heteroatoms. The number of ether oxygens (including phenoxy) is 3. The summed E-state index contributed by atoms with van der Waals surface area (Å²) >= 11 is 0.